The lowest BCUT2D eigenvalue weighted by molar-refractivity contribution is 0.596. The van der Waals surface area contributed by atoms with E-state index in [1.807, 2.05) is 6.07 Å². The molecule has 7 heteroatoms. The fourth-order valence-electron chi connectivity index (χ4n) is 1.48. The largest absolute Gasteiger partial charge is 0.399 e. The zero-order valence-electron chi connectivity index (χ0n) is 9.71. The number of nitrogen functional groups attached to an aromatic ring is 1. The van der Waals surface area contributed by atoms with E-state index in [1.165, 1.54) is 17.8 Å². The zero-order valence-corrected chi connectivity index (χ0v) is 12.1. The summed E-state index contributed by atoms with van der Waals surface area (Å²) >= 11 is 7.28. The third kappa shape index (κ3) is 3.42. The summed E-state index contributed by atoms with van der Waals surface area (Å²) in [6, 6.07) is 11.7. The first-order valence-corrected chi connectivity index (χ1v) is 7.97. The lowest BCUT2D eigenvalue weighted by atomic mass is 10.3. The topological polar surface area (TPSA) is 86.2 Å². The summed E-state index contributed by atoms with van der Waals surface area (Å²) in [4.78, 5) is 1.24. The Morgan fingerprint density at radius 3 is 2.37 bits per heavy atom. The smallest absolute Gasteiger partial charge is 0.239 e. The van der Waals surface area contributed by atoms with Gasteiger partial charge in [0.25, 0.3) is 0 Å². The highest BCUT2D eigenvalue weighted by Crippen LogP contribution is 2.36. The molecule has 0 fully saturated rings. The van der Waals surface area contributed by atoms with Gasteiger partial charge in [0, 0.05) is 15.5 Å². The number of nitrogens with two attached hydrogens (primary N) is 2. The Kier molecular flexibility index (Phi) is 4.05. The quantitative estimate of drug-likeness (QED) is 0.853. The van der Waals surface area contributed by atoms with Crippen LogP contribution in [0.3, 0.4) is 0 Å². The molecule has 0 heterocycles. The molecule has 2 aromatic rings. The molecule has 0 aliphatic heterocycles. The van der Waals surface area contributed by atoms with Gasteiger partial charge in [-0.15, -0.1) is 0 Å². The van der Waals surface area contributed by atoms with E-state index in [0.717, 1.165) is 4.90 Å². The first kappa shape index (κ1) is 14.2. The molecule has 0 aliphatic carbocycles. The molecule has 19 heavy (non-hydrogen) atoms. The zero-order chi connectivity index (χ0) is 14.0. The van der Waals surface area contributed by atoms with Crippen molar-refractivity contribution in [2.24, 2.45) is 5.14 Å². The fraction of sp³-hybridized carbons (Fsp3) is 0. The molecule has 2 rings (SSSR count). The molecule has 0 aliphatic rings. The molecule has 0 unspecified atom stereocenters. The molecule has 4 nitrogen and oxygen atoms in total. The van der Waals surface area contributed by atoms with Crippen LogP contribution in [0.4, 0.5) is 5.69 Å². The van der Waals surface area contributed by atoms with Gasteiger partial charge in [-0.25, -0.2) is 13.6 Å². The molecule has 0 spiro atoms. The minimum absolute atomic E-state index is 0.00239. The van der Waals surface area contributed by atoms with Crippen LogP contribution >= 0.6 is 23.4 Å². The summed E-state index contributed by atoms with van der Waals surface area (Å²) < 4.78 is 23.1. The molecule has 0 saturated carbocycles. The molecule has 0 radical (unpaired) electrons. The molecule has 100 valence electrons. The number of anilines is 1. The summed E-state index contributed by atoms with van der Waals surface area (Å²) in [7, 11) is -3.83. The number of rotatable bonds is 3. The van der Waals surface area contributed by atoms with Crippen LogP contribution in [0, 0.1) is 0 Å². The van der Waals surface area contributed by atoms with Crippen molar-refractivity contribution in [2.45, 2.75) is 14.7 Å². The summed E-state index contributed by atoms with van der Waals surface area (Å²) in [6.07, 6.45) is 0. The number of benzene rings is 2. The molecule has 0 amide bonds. The Morgan fingerprint density at radius 2 is 1.74 bits per heavy atom. The van der Waals surface area contributed by atoms with Crippen LogP contribution in [0.15, 0.2) is 57.2 Å². The van der Waals surface area contributed by atoms with Crippen LogP contribution in [0.5, 0.6) is 0 Å². The predicted octanol–water partition coefficient (Wildman–Crippen LogP) is 2.72. The van der Waals surface area contributed by atoms with Crippen molar-refractivity contribution in [3.05, 3.63) is 47.5 Å². The van der Waals surface area contributed by atoms with E-state index in [1.54, 1.807) is 30.3 Å². The van der Waals surface area contributed by atoms with Crippen LogP contribution in [-0.2, 0) is 10.0 Å². The summed E-state index contributed by atoms with van der Waals surface area (Å²) in [5.74, 6) is 0. The lowest BCUT2D eigenvalue weighted by Gasteiger charge is -2.09. The Labute approximate surface area is 120 Å². The third-order valence-corrected chi connectivity index (χ3v) is 5.00. The SMILES string of the molecule is Nc1ccc(Sc2ccccc2Cl)c(S(N)(=O)=O)c1. The van der Waals surface area contributed by atoms with Crippen molar-refractivity contribution in [1.82, 2.24) is 0 Å². The second-order valence-electron chi connectivity index (χ2n) is 3.78. The summed E-state index contributed by atoms with van der Waals surface area (Å²) in [5, 5.41) is 5.73. The highest BCUT2D eigenvalue weighted by Gasteiger charge is 2.16. The number of sulfonamides is 1. The molecule has 0 atom stereocenters. The number of hydrogen-bond donors (Lipinski definition) is 2. The highest BCUT2D eigenvalue weighted by atomic mass is 35.5. The second kappa shape index (κ2) is 5.42. The molecular weight excluding hydrogens is 304 g/mol. The molecule has 4 N–H and O–H groups in total. The van der Waals surface area contributed by atoms with Crippen molar-refractivity contribution < 1.29 is 8.42 Å². The van der Waals surface area contributed by atoms with Crippen LogP contribution < -0.4 is 10.9 Å². The first-order valence-electron chi connectivity index (χ1n) is 5.22. The minimum atomic E-state index is -3.83. The van der Waals surface area contributed by atoms with Crippen LogP contribution in [0.1, 0.15) is 0 Å². The molecule has 0 bridgehead atoms. The summed E-state index contributed by atoms with van der Waals surface area (Å²) in [6.45, 7) is 0. The van der Waals surface area contributed by atoms with Gasteiger partial charge in [-0.2, -0.15) is 0 Å². The standard InChI is InChI=1S/C12H11ClN2O2S2/c13-9-3-1-2-4-10(9)18-11-6-5-8(14)7-12(11)19(15,16)17/h1-7H,14H2,(H2,15,16,17). The molecule has 2 aromatic carbocycles. The van der Waals surface area contributed by atoms with Gasteiger partial charge >= 0.3 is 0 Å². The van der Waals surface area contributed by atoms with Crippen molar-refractivity contribution in [3.63, 3.8) is 0 Å². The third-order valence-electron chi connectivity index (χ3n) is 2.33. The van der Waals surface area contributed by atoms with E-state index in [-0.39, 0.29) is 4.90 Å². The Hall–Kier alpha value is -1.21. The van der Waals surface area contributed by atoms with Gasteiger partial charge in [-0.1, -0.05) is 35.5 Å². The Balaban J connectivity index is 2.50. The van der Waals surface area contributed by atoms with E-state index in [4.69, 9.17) is 22.5 Å². The Bertz CT molecular complexity index is 717. The van der Waals surface area contributed by atoms with E-state index in [9.17, 15) is 8.42 Å². The number of hydrogen-bond acceptors (Lipinski definition) is 4. The van der Waals surface area contributed by atoms with Crippen molar-refractivity contribution in [1.29, 1.82) is 0 Å². The average molecular weight is 315 g/mol. The van der Waals surface area contributed by atoms with Gasteiger partial charge in [-0.05, 0) is 30.3 Å². The fourth-order valence-corrected chi connectivity index (χ4v) is 3.70. The number of primary sulfonamides is 1. The van der Waals surface area contributed by atoms with Crippen LogP contribution in [-0.4, -0.2) is 8.42 Å². The molecular formula is C12H11ClN2O2S2. The number of halogens is 1. The minimum Gasteiger partial charge on any atom is -0.399 e. The van der Waals surface area contributed by atoms with Gasteiger partial charge in [0.05, 0.1) is 9.92 Å². The van der Waals surface area contributed by atoms with Crippen molar-refractivity contribution in [3.8, 4) is 0 Å². The maximum atomic E-state index is 11.6. The molecule has 0 saturated heterocycles. The van der Waals surface area contributed by atoms with Crippen molar-refractivity contribution >= 4 is 39.1 Å². The maximum absolute atomic E-state index is 11.6. The van der Waals surface area contributed by atoms with Gasteiger partial charge in [0.1, 0.15) is 0 Å². The van der Waals surface area contributed by atoms with E-state index in [0.29, 0.717) is 15.6 Å². The van der Waals surface area contributed by atoms with E-state index < -0.39 is 10.0 Å². The first-order chi connectivity index (χ1) is 8.88. The monoisotopic (exact) mass is 314 g/mol. The maximum Gasteiger partial charge on any atom is 0.239 e. The normalized spacial score (nSPS) is 11.5. The van der Waals surface area contributed by atoms with E-state index in [2.05, 4.69) is 0 Å². The highest BCUT2D eigenvalue weighted by molar-refractivity contribution is 8.00. The van der Waals surface area contributed by atoms with Gasteiger partial charge < -0.3 is 5.73 Å². The van der Waals surface area contributed by atoms with Gasteiger partial charge in [-0.3, -0.25) is 0 Å². The second-order valence-corrected chi connectivity index (χ2v) is 6.80. The van der Waals surface area contributed by atoms with Crippen LogP contribution in [0.2, 0.25) is 5.02 Å². The van der Waals surface area contributed by atoms with Crippen molar-refractivity contribution in [2.75, 3.05) is 5.73 Å². The van der Waals surface area contributed by atoms with Gasteiger partial charge in [0.15, 0.2) is 0 Å². The van der Waals surface area contributed by atoms with Gasteiger partial charge in [0.2, 0.25) is 10.0 Å². The Morgan fingerprint density at radius 1 is 1.05 bits per heavy atom. The average Bonchev–Trinajstić information content (AvgIpc) is 2.33. The summed E-state index contributed by atoms with van der Waals surface area (Å²) in [5.41, 5.74) is 5.93. The van der Waals surface area contributed by atoms with E-state index >= 15 is 0 Å². The predicted molar refractivity (Wildman–Crippen MR) is 77.8 cm³/mol. The molecule has 0 aromatic heterocycles. The van der Waals surface area contributed by atoms with Crippen LogP contribution in [0.25, 0.3) is 0 Å². The lowest BCUT2D eigenvalue weighted by Crippen LogP contribution is -2.13.